The number of para-hydroxylation sites is 1. The molecule has 0 amide bonds. The highest BCUT2D eigenvalue weighted by molar-refractivity contribution is 7.80. The van der Waals surface area contributed by atoms with E-state index in [0.717, 1.165) is 17.8 Å². The van der Waals surface area contributed by atoms with Crippen LogP contribution in [0.1, 0.15) is 32.3 Å². The zero-order valence-corrected chi connectivity index (χ0v) is 10.8. The Morgan fingerprint density at radius 2 is 1.94 bits per heavy atom. The van der Waals surface area contributed by atoms with Gasteiger partial charge in [0.25, 0.3) is 0 Å². The van der Waals surface area contributed by atoms with Gasteiger partial charge in [0.2, 0.25) is 0 Å². The second kappa shape index (κ2) is 6.48. The van der Waals surface area contributed by atoms with E-state index < -0.39 is 0 Å². The fourth-order valence-corrected chi connectivity index (χ4v) is 1.86. The Hall–Kier alpha value is -1.09. The number of nitrogens with two attached hydrogens (primary N) is 1. The van der Waals surface area contributed by atoms with E-state index in [1.54, 1.807) is 0 Å². The summed E-state index contributed by atoms with van der Waals surface area (Å²) in [6.45, 7) is 5.41. The highest BCUT2D eigenvalue weighted by atomic mass is 32.1. The van der Waals surface area contributed by atoms with Crippen LogP contribution in [0.25, 0.3) is 0 Å². The average molecular weight is 236 g/mol. The van der Waals surface area contributed by atoms with Gasteiger partial charge in [0.05, 0.1) is 0 Å². The van der Waals surface area contributed by atoms with Crippen molar-refractivity contribution in [3.8, 4) is 0 Å². The molecule has 1 rings (SSSR count). The lowest BCUT2D eigenvalue weighted by Crippen LogP contribution is -2.17. The Morgan fingerprint density at radius 3 is 2.50 bits per heavy atom. The summed E-state index contributed by atoms with van der Waals surface area (Å²) in [4.78, 5) is 0.452. The molecule has 3 N–H and O–H groups in total. The molecule has 2 nitrogen and oxygen atoms in total. The lowest BCUT2D eigenvalue weighted by molar-refractivity contribution is 0.519. The van der Waals surface area contributed by atoms with Crippen LogP contribution in [-0.4, -0.2) is 11.5 Å². The predicted molar refractivity (Wildman–Crippen MR) is 74.9 cm³/mol. The van der Waals surface area contributed by atoms with Crippen LogP contribution in [0.3, 0.4) is 0 Å². The van der Waals surface area contributed by atoms with E-state index in [0.29, 0.717) is 10.9 Å². The molecule has 0 aliphatic rings. The molecule has 0 fully saturated rings. The van der Waals surface area contributed by atoms with E-state index in [2.05, 4.69) is 19.2 Å². The Bertz CT molecular complexity index is 346. The number of anilines is 1. The summed E-state index contributed by atoms with van der Waals surface area (Å²) in [5, 5.41) is 3.43. The molecule has 0 atom stereocenters. The first-order chi connectivity index (χ1) is 7.69. The largest absolute Gasteiger partial charge is 0.389 e. The van der Waals surface area contributed by atoms with Gasteiger partial charge in [-0.15, -0.1) is 0 Å². The van der Waals surface area contributed by atoms with Crippen LogP contribution in [0.2, 0.25) is 0 Å². The van der Waals surface area contributed by atoms with Gasteiger partial charge >= 0.3 is 0 Å². The molecule has 3 heteroatoms. The molecule has 88 valence electrons. The quantitative estimate of drug-likeness (QED) is 0.745. The van der Waals surface area contributed by atoms with E-state index in [1.807, 2.05) is 24.3 Å². The predicted octanol–water partition coefficient (Wildman–Crippen LogP) is 3.17. The Balaban J connectivity index is 2.69. The first-order valence-electron chi connectivity index (χ1n) is 5.81. The molecule has 0 aromatic heterocycles. The lowest BCUT2D eigenvalue weighted by atomic mass is 10.0. The van der Waals surface area contributed by atoms with Crippen molar-refractivity contribution in [2.45, 2.75) is 26.7 Å². The van der Waals surface area contributed by atoms with Crippen molar-refractivity contribution >= 4 is 22.9 Å². The molecule has 16 heavy (non-hydrogen) atoms. The molecule has 0 saturated carbocycles. The Labute approximate surface area is 103 Å². The third-order valence-electron chi connectivity index (χ3n) is 2.93. The first kappa shape index (κ1) is 13.0. The van der Waals surface area contributed by atoms with Gasteiger partial charge in [-0.25, -0.2) is 0 Å². The molecule has 0 unspecified atom stereocenters. The summed E-state index contributed by atoms with van der Waals surface area (Å²) in [7, 11) is 0. The van der Waals surface area contributed by atoms with Crippen LogP contribution >= 0.6 is 12.2 Å². The summed E-state index contributed by atoms with van der Waals surface area (Å²) in [5.74, 6) is 0.708. The molecule has 0 heterocycles. The second-order valence-electron chi connectivity index (χ2n) is 3.97. The molecule has 0 bridgehead atoms. The highest BCUT2D eigenvalue weighted by Gasteiger charge is 2.06. The molecule has 0 aliphatic carbocycles. The van der Waals surface area contributed by atoms with Gasteiger partial charge in [-0.1, -0.05) is 51.0 Å². The van der Waals surface area contributed by atoms with Crippen molar-refractivity contribution in [1.29, 1.82) is 0 Å². The summed E-state index contributed by atoms with van der Waals surface area (Å²) in [5.41, 5.74) is 7.65. The number of hydrogen-bond donors (Lipinski definition) is 2. The maximum absolute atomic E-state index is 5.68. The molecular formula is C13H20N2S. The van der Waals surface area contributed by atoms with Gasteiger partial charge < -0.3 is 11.1 Å². The fraction of sp³-hybridized carbons (Fsp3) is 0.462. The smallest absolute Gasteiger partial charge is 0.106 e. The van der Waals surface area contributed by atoms with Gasteiger partial charge in [-0.2, -0.15) is 0 Å². The summed E-state index contributed by atoms with van der Waals surface area (Å²) in [6, 6.07) is 7.93. The summed E-state index contributed by atoms with van der Waals surface area (Å²) >= 11 is 5.02. The molecule has 1 aromatic rings. The number of benzene rings is 1. The molecule has 0 saturated heterocycles. The van der Waals surface area contributed by atoms with Crippen LogP contribution in [0, 0.1) is 5.92 Å². The van der Waals surface area contributed by atoms with Crippen molar-refractivity contribution in [3.05, 3.63) is 29.8 Å². The zero-order valence-electron chi connectivity index (χ0n) is 9.99. The monoisotopic (exact) mass is 236 g/mol. The fourth-order valence-electron chi connectivity index (χ4n) is 1.68. The van der Waals surface area contributed by atoms with Crippen LogP contribution in [0.15, 0.2) is 24.3 Å². The van der Waals surface area contributed by atoms with Crippen LogP contribution in [-0.2, 0) is 0 Å². The van der Waals surface area contributed by atoms with Gasteiger partial charge in [-0.3, -0.25) is 0 Å². The minimum Gasteiger partial charge on any atom is -0.389 e. The summed E-state index contributed by atoms with van der Waals surface area (Å²) in [6.07, 6.45) is 2.39. The molecule has 0 spiro atoms. The first-order valence-corrected chi connectivity index (χ1v) is 6.22. The van der Waals surface area contributed by atoms with Crippen LogP contribution in [0.4, 0.5) is 5.69 Å². The standard InChI is InChI=1S/C13H20N2S/c1-3-10(4-2)9-15-12-8-6-5-7-11(12)13(14)16/h5-8,10,15H,3-4,9H2,1-2H3,(H2,14,16). The number of nitrogens with one attached hydrogen (secondary N) is 1. The third kappa shape index (κ3) is 3.49. The Kier molecular flexibility index (Phi) is 5.26. The second-order valence-corrected chi connectivity index (χ2v) is 4.41. The van der Waals surface area contributed by atoms with E-state index in [1.165, 1.54) is 12.8 Å². The average Bonchev–Trinajstić information content (AvgIpc) is 2.30. The molecule has 0 aliphatic heterocycles. The van der Waals surface area contributed by atoms with E-state index in [-0.39, 0.29) is 0 Å². The minimum atomic E-state index is 0.452. The maximum Gasteiger partial charge on any atom is 0.106 e. The van der Waals surface area contributed by atoms with E-state index in [9.17, 15) is 0 Å². The SMILES string of the molecule is CCC(CC)CNc1ccccc1C(N)=S. The molecule has 1 aromatic carbocycles. The number of thiocarbonyl (C=S) groups is 1. The highest BCUT2D eigenvalue weighted by Crippen LogP contribution is 2.16. The Morgan fingerprint density at radius 1 is 1.31 bits per heavy atom. The number of hydrogen-bond acceptors (Lipinski definition) is 2. The van der Waals surface area contributed by atoms with Gasteiger partial charge in [0.15, 0.2) is 0 Å². The van der Waals surface area contributed by atoms with Crippen molar-refractivity contribution < 1.29 is 0 Å². The minimum absolute atomic E-state index is 0.452. The summed E-state index contributed by atoms with van der Waals surface area (Å²) < 4.78 is 0. The van der Waals surface area contributed by atoms with E-state index >= 15 is 0 Å². The topological polar surface area (TPSA) is 38.0 Å². The van der Waals surface area contributed by atoms with Crippen molar-refractivity contribution in [2.24, 2.45) is 11.7 Å². The normalized spacial score (nSPS) is 10.4. The van der Waals surface area contributed by atoms with Crippen LogP contribution < -0.4 is 11.1 Å². The van der Waals surface area contributed by atoms with Gasteiger partial charge in [-0.05, 0) is 18.1 Å². The number of rotatable bonds is 6. The van der Waals surface area contributed by atoms with Crippen molar-refractivity contribution in [1.82, 2.24) is 0 Å². The van der Waals surface area contributed by atoms with Crippen LogP contribution in [0.5, 0.6) is 0 Å². The van der Waals surface area contributed by atoms with E-state index in [4.69, 9.17) is 18.0 Å². The maximum atomic E-state index is 5.68. The van der Waals surface area contributed by atoms with Crippen molar-refractivity contribution in [3.63, 3.8) is 0 Å². The van der Waals surface area contributed by atoms with Gasteiger partial charge in [0.1, 0.15) is 4.99 Å². The third-order valence-corrected chi connectivity index (χ3v) is 3.15. The van der Waals surface area contributed by atoms with Gasteiger partial charge in [0, 0.05) is 17.8 Å². The zero-order chi connectivity index (χ0) is 12.0. The van der Waals surface area contributed by atoms with Crippen molar-refractivity contribution in [2.75, 3.05) is 11.9 Å². The molecular weight excluding hydrogens is 216 g/mol. The molecule has 0 radical (unpaired) electrons. The lowest BCUT2D eigenvalue weighted by Gasteiger charge is -2.16.